The molecule has 0 saturated heterocycles. The second-order valence-corrected chi connectivity index (χ2v) is 5.46. The minimum atomic E-state index is 0.0619. The lowest BCUT2D eigenvalue weighted by Crippen LogP contribution is -2.34. The number of nitrogens with one attached hydrogen (secondary N) is 1. The quantitative estimate of drug-likeness (QED) is 0.706. The summed E-state index contributed by atoms with van der Waals surface area (Å²) in [5.74, 6) is 0.0619. The number of carbonyl (C=O) groups excluding carboxylic acids is 1. The number of unbranched alkanes of at least 4 members (excludes halogenated alkanes) is 1. The summed E-state index contributed by atoms with van der Waals surface area (Å²) in [6.45, 7) is 0.786. The summed E-state index contributed by atoms with van der Waals surface area (Å²) in [6.07, 6.45) is 1.93. The molecule has 0 fully saturated rings. The molecule has 0 aromatic carbocycles. The summed E-state index contributed by atoms with van der Waals surface area (Å²) in [5, 5.41) is 13.7. The highest BCUT2D eigenvalue weighted by Gasteiger charge is 2.15. The van der Waals surface area contributed by atoms with Crippen LogP contribution in [-0.2, 0) is 4.79 Å². The number of hydrogen-bond acceptors (Lipinski definition) is 4. The van der Waals surface area contributed by atoms with E-state index in [2.05, 4.69) is 21.7 Å². The molecule has 1 unspecified atom stereocenters. The first kappa shape index (κ1) is 15.1. The van der Waals surface area contributed by atoms with Gasteiger partial charge < -0.3 is 15.3 Å². The first-order chi connectivity index (χ1) is 8.65. The van der Waals surface area contributed by atoms with Crippen LogP contribution in [0.1, 0.15) is 30.2 Å². The van der Waals surface area contributed by atoms with Crippen molar-refractivity contribution in [2.75, 3.05) is 27.2 Å². The van der Waals surface area contributed by atoms with Crippen molar-refractivity contribution in [1.29, 1.82) is 0 Å². The molecule has 2 N–H and O–H groups in total. The maximum absolute atomic E-state index is 11.6. The third-order valence-corrected chi connectivity index (χ3v) is 3.77. The van der Waals surface area contributed by atoms with Crippen molar-refractivity contribution in [3.63, 3.8) is 0 Å². The lowest BCUT2D eigenvalue weighted by atomic mass is 10.2. The fourth-order valence-corrected chi connectivity index (χ4v) is 2.64. The van der Waals surface area contributed by atoms with Crippen LogP contribution in [0.4, 0.5) is 0 Å². The summed E-state index contributed by atoms with van der Waals surface area (Å²) in [5.41, 5.74) is 0. The predicted molar refractivity (Wildman–Crippen MR) is 74.7 cm³/mol. The highest BCUT2D eigenvalue weighted by Crippen LogP contribution is 2.22. The Labute approximate surface area is 113 Å². The van der Waals surface area contributed by atoms with E-state index in [4.69, 9.17) is 5.11 Å². The summed E-state index contributed by atoms with van der Waals surface area (Å²) in [7, 11) is 4.03. The van der Waals surface area contributed by atoms with E-state index in [1.165, 1.54) is 4.88 Å². The smallest absolute Gasteiger partial charge is 0.220 e. The Morgan fingerprint density at radius 2 is 2.28 bits per heavy atom. The second kappa shape index (κ2) is 8.24. The molecule has 0 radical (unpaired) electrons. The first-order valence-electron chi connectivity index (χ1n) is 6.22. The molecule has 5 heteroatoms. The van der Waals surface area contributed by atoms with E-state index in [-0.39, 0.29) is 18.6 Å². The van der Waals surface area contributed by atoms with Crippen LogP contribution in [0.15, 0.2) is 17.5 Å². The van der Waals surface area contributed by atoms with Gasteiger partial charge in [0.2, 0.25) is 5.91 Å². The molecule has 1 rings (SSSR count). The first-order valence-corrected chi connectivity index (χ1v) is 7.10. The molecule has 1 aromatic heterocycles. The predicted octanol–water partition coefficient (Wildman–Crippen LogP) is 1.63. The van der Waals surface area contributed by atoms with Gasteiger partial charge in [0.15, 0.2) is 0 Å². The molecule has 4 nitrogen and oxygen atoms in total. The largest absolute Gasteiger partial charge is 0.396 e. The van der Waals surface area contributed by atoms with Crippen LogP contribution in [0.25, 0.3) is 0 Å². The van der Waals surface area contributed by atoms with Crippen molar-refractivity contribution < 1.29 is 9.90 Å². The highest BCUT2D eigenvalue weighted by atomic mass is 32.1. The maximum atomic E-state index is 11.6. The monoisotopic (exact) mass is 270 g/mol. The molecular weight excluding hydrogens is 248 g/mol. The Balaban J connectivity index is 2.37. The van der Waals surface area contributed by atoms with Gasteiger partial charge in [-0.3, -0.25) is 4.79 Å². The molecule has 0 aliphatic rings. The lowest BCUT2D eigenvalue weighted by molar-refractivity contribution is -0.121. The number of likely N-dealkylation sites (N-methyl/N-ethyl adjacent to an activating group) is 1. The number of aliphatic hydroxyl groups is 1. The van der Waals surface area contributed by atoms with Gasteiger partial charge in [0.1, 0.15) is 0 Å². The molecule has 0 saturated carbocycles. The molecule has 18 heavy (non-hydrogen) atoms. The minimum Gasteiger partial charge on any atom is -0.396 e. The zero-order chi connectivity index (χ0) is 13.4. The minimum absolute atomic E-state index is 0.0619. The van der Waals surface area contributed by atoms with Crippen LogP contribution in [-0.4, -0.2) is 43.2 Å². The number of nitrogens with zero attached hydrogens (tertiary/aromatic N) is 1. The van der Waals surface area contributed by atoms with Gasteiger partial charge in [0, 0.05) is 24.4 Å². The maximum Gasteiger partial charge on any atom is 0.220 e. The number of amides is 1. The van der Waals surface area contributed by atoms with Gasteiger partial charge >= 0.3 is 0 Å². The molecule has 102 valence electrons. The van der Waals surface area contributed by atoms with Crippen LogP contribution in [0.2, 0.25) is 0 Å². The summed E-state index contributed by atoms with van der Waals surface area (Å²) in [6, 6.07) is 4.35. The lowest BCUT2D eigenvalue weighted by Gasteiger charge is -2.23. The van der Waals surface area contributed by atoms with Crippen molar-refractivity contribution in [3.05, 3.63) is 22.4 Å². The average molecular weight is 270 g/mol. The van der Waals surface area contributed by atoms with E-state index in [0.717, 1.165) is 6.42 Å². The highest BCUT2D eigenvalue weighted by molar-refractivity contribution is 7.10. The summed E-state index contributed by atoms with van der Waals surface area (Å²) in [4.78, 5) is 15.0. The molecule has 0 bridgehead atoms. The van der Waals surface area contributed by atoms with Crippen LogP contribution in [0, 0.1) is 0 Å². The van der Waals surface area contributed by atoms with Crippen molar-refractivity contribution in [2.45, 2.75) is 25.3 Å². The average Bonchev–Trinajstić information content (AvgIpc) is 2.83. The Morgan fingerprint density at radius 1 is 1.50 bits per heavy atom. The van der Waals surface area contributed by atoms with E-state index in [1.807, 2.05) is 20.2 Å². The number of carbonyl (C=O) groups is 1. The fraction of sp³-hybridized carbons (Fsp3) is 0.615. The number of rotatable bonds is 8. The van der Waals surface area contributed by atoms with Crippen molar-refractivity contribution in [3.8, 4) is 0 Å². The number of hydrogen-bond donors (Lipinski definition) is 2. The standard InChI is InChI=1S/C13H22N2O2S/c1-15(2)11(12-6-5-9-18-12)10-14-13(17)7-3-4-8-16/h5-6,9,11,16H,3-4,7-8,10H2,1-2H3,(H,14,17). The molecule has 0 spiro atoms. The van der Waals surface area contributed by atoms with Crippen molar-refractivity contribution in [2.24, 2.45) is 0 Å². The van der Waals surface area contributed by atoms with Crippen molar-refractivity contribution in [1.82, 2.24) is 10.2 Å². The molecular formula is C13H22N2O2S. The zero-order valence-electron chi connectivity index (χ0n) is 11.1. The van der Waals surface area contributed by atoms with Gasteiger partial charge in [0.25, 0.3) is 0 Å². The molecule has 1 amide bonds. The summed E-state index contributed by atoms with van der Waals surface area (Å²) >= 11 is 1.71. The third-order valence-electron chi connectivity index (χ3n) is 2.80. The van der Waals surface area contributed by atoms with Crippen molar-refractivity contribution >= 4 is 17.2 Å². The van der Waals surface area contributed by atoms with Gasteiger partial charge in [-0.1, -0.05) is 6.07 Å². The van der Waals surface area contributed by atoms with Crippen LogP contribution in [0.3, 0.4) is 0 Å². The molecule has 0 aliphatic carbocycles. The Morgan fingerprint density at radius 3 is 2.83 bits per heavy atom. The van der Waals surface area contributed by atoms with Gasteiger partial charge in [-0.2, -0.15) is 0 Å². The van der Waals surface area contributed by atoms with E-state index in [9.17, 15) is 4.79 Å². The van der Waals surface area contributed by atoms with Crippen LogP contribution in [0.5, 0.6) is 0 Å². The second-order valence-electron chi connectivity index (χ2n) is 4.48. The van der Waals surface area contributed by atoms with Crippen LogP contribution < -0.4 is 5.32 Å². The van der Waals surface area contributed by atoms with E-state index >= 15 is 0 Å². The Kier molecular flexibility index (Phi) is 6.93. The topological polar surface area (TPSA) is 52.6 Å². The van der Waals surface area contributed by atoms with Gasteiger partial charge in [0.05, 0.1) is 6.04 Å². The Hall–Kier alpha value is -0.910. The Bertz CT molecular complexity index is 339. The number of thiophene rings is 1. The van der Waals surface area contributed by atoms with E-state index in [1.54, 1.807) is 11.3 Å². The molecule has 1 heterocycles. The SMILES string of the molecule is CN(C)C(CNC(=O)CCCCO)c1cccs1. The van der Waals surface area contributed by atoms with Gasteiger partial charge in [-0.05, 0) is 38.4 Å². The zero-order valence-corrected chi connectivity index (χ0v) is 11.9. The van der Waals surface area contributed by atoms with Crippen LogP contribution >= 0.6 is 11.3 Å². The van der Waals surface area contributed by atoms with Gasteiger partial charge in [-0.15, -0.1) is 11.3 Å². The molecule has 0 aliphatic heterocycles. The van der Waals surface area contributed by atoms with E-state index in [0.29, 0.717) is 19.4 Å². The third kappa shape index (κ3) is 5.16. The molecule has 1 aromatic rings. The fourth-order valence-electron chi connectivity index (χ4n) is 1.71. The van der Waals surface area contributed by atoms with E-state index < -0.39 is 0 Å². The normalized spacial score (nSPS) is 12.7. The molecule has 1 atom stereocenters. The summed E-state index contributed by atoms with van der Waals surface area (Å²) < 4.78 is 0. The van der Waals surface area contributed by atoms with Gasteiger partial charge in [-0.25, -0.2) is 0 Å². The number of aliphatic hydroxyl groups excluding tert-OH is 1.